The van der Waals surface area contributed by atoms with E-state index in [1.54, 1.807) is 19.3 Å². The van der Waals surface area contributed by atoms with Gasteiger partial charge in [0.25, 0.3) is 5.91 Å². The highest BCUT2D eigenvalue weighted by Crippen LogP contribution is 2.44. The van der Waals surface area contributed by atoms with Crippen LogP contribution in [-0.2, 0) is 4.79 Å². The van der Waals surface area contributed by atoms with Crippen molar-refractivity contribution in [2.75, 3.05) is 32.5 Å². The summed E-state index contributed by atoms with van der Waals surface area (Å²) in [6, 6.07) is 17.2. The monoisotopic (exact) mass is 422 g/mol. The number of carbonyl (C=O) groups is 2. The number of nitrogens with zero attached hydrogens (tertiary/aromatic N) is 2. The van der Waals surface area contributed by atoms with Gasteiger partial charge in [0.1, 0.15) is 5.75 Å². The smallest absolute Gasteiger partial charge is 0.255 e. The average molecular weight is 423 g/mol. The topological polar surface area (TPSA) is 49.9 Å². The van der Waals surface area contributed by atoms with Gasteiger partial charge in [-0.3, -0.25) is 9.59 Å². The summed E-state index contributed by atoms with van der Waals surface area (Å²) in [4.78, 5) is 29.5. The number of rotatable bonds is 4. The molecule has 2 heterocycles. The van der Waals surface area contributed by atoms with Crippen molar-refractivity contribution in [2.24, 2.45) is 0 Å². The molecule has 0 aromatic heterocycles. The fourth-order valence-electron chi connectivity index (χ4n) is 4.13. The number of ether oxygens (including phenoxy) is 1. The van der Waals surface area contributed by atoms with E-state index in [1.807, 2.05) is 76.2 Å². The lowest BCUT2D eigenvalue weighted by molar-refractivity contribution is -0.127. The van der Waals surface area contributed by atoms with Crippen LogP contribution in [0, 0.1) is 0 Å². The third kappa shape index (κ3) is 4.24. The minimum atomic E-state index is -0.222. The van der Waals surface area contributed by atoms with Gasteiger partial charge < -0.3 is 14.5 Å². The number of methoxy groups -OCH3 is 1. The normalized spacial score (nSPS) is 18.2. The standard InChI is InChI=1S/C24H26N2O3S/c1-29-21-9-5-8-20(18-21)23(28)26-16-17-30-24(26)12-14-25(15-13-24)22(27)11-10-19-6-3-2-4-7-19/h2-11,18H,12-17H2,1H3/b11-10+. The minimum Gasteiger partial charge on any atom is -0.497 e. The predicted molar refractivity (Wildman–Crippen MR) is 121 cm³/mol. The molecule has 2 aliphatic rings. The third-order valence-corrected chi connectivity index (χ3v) is 7.37. The first kappa shape index (κ1) is 20.5. The quantitative estimate of drug-likeness (QED) is 0.701. The highest BCUT2D eigenvalue weighted by Gasteiger charge is 2.46. The third-order valence-electron chi connectivity index (χ3n) is 5.81. The van der Waals surface area contributed by atoms with Crippen LogP contribution in [0.15, 0.2) is 60.7 Å². The van der Waals surface area contributed by atoms with Crippen LogP contribution in [0.1, 0.15) is 28.8 Å². The minimum absolute atomic E-state index is 0.0300. The van der Waals surface area contributed by atoms with E-state index in [9.17, 15) is 9.59 Å². The maximum Gasteiger partial charge on any atom is 0.255 e. The molecular formula is C24H26N2O3S. The molecule has 2 aromatic carbocycles. The summed E-state index contributed by atoms with van der Waals surface area (Å²) in [5.74, 6) is 1.69. The van der Waals surface area contributed by atoms with Gasteiger partial charge in [0.15, 0.2) is 0 Å². The Morgan fingerprint density at radius 3 is 2.53 bits per heavy atom. The number of hydrogen-bond acceptors (Lipinski definition) is 4. The van der Waals surface area contributed by atoms with Crippen molar-refractivity contribution >= 4 is 29.7 Å². The molecule has 156 valence electrons. The van der Waals surface area contributed by atoms with Gasteiger partial charge >= 0.3 is 0 Å². The molecule has 0 bridgehead atoms. The number of piperidine rings is 1. The SMILES string of the molecule is COc1cccc(C(=O)N2CCSC23CCN(C(=O)/C=C/c2ccccc2)CC3)c1. The fourth-order valence-corrected chi connectivity index (χ4v) is 5.59. The summed E-state index contributed by atoms with van der Waals surface area (Å²) in [6.45, 7) is 2.06. The molecule has 1 spiro atoms. The molecule has 2 amide bonds. The highest BCUT2D eigenvalue weighted by atomic mass is 32.2. The van der Waals surface area contributed by atoms with Crippen molar-refractivity contribution in [1.82, 2.24) is 9.80 Å². The van der Waals surface area contributed by atoms with Gasteiger partial charge in [-0.1, -0.05) is 36.4 Å². The summed E-state index contributed by atoms with van der Waals surface area (Å²) >= 11 is 1.85. The van der Waals surface area contributed by atoms with E-state index in [4.69, 9.17) is 4.74 Å². The van der Waals surface area contributed by atoms with Crippen LogP contribution in [0.3, 0.4) is 0 Å². The average Bonchev–Trinajstić information content (AvgIpc) is 3.21. The van der Waals surface area contributed by atoms with Gasteiger partial charge in [-0.15, -0.1) is 11.8 Å². The van der Waals surface area contributed by atoms with E-state index in [0.29, 0.717) is 24.4 Å². The first-order chi connectivity index (χ1) is 14.6. The van der Waals surface area contributed by atoms with E-state index in [-0.39, 0.29) is 16.7 Å². The van der Waals surface area contributed by atoms with Crippen molar-refractivity contribution in [3.05, 3.63) is 71.8 Å². The number of thioether (sulfide) groups is 1. The molecule has 6 heteroatoms. The molecule has 2 fully saturated rings. The maximum atomic E-state index is 13.2. The zero-order valence-corrected chi connectivity index (χ0v) is 17.9. The van der Waals surface area contributed by atoms with Crippen LogP contribution in [0.2, 0.25) is 0 Å². The second-order valence-corrected chi connectivity index (χ2v) is 9.01. The number of likely N-dealkylation sites (tertiary alicyclic amines) is 1. The van der Waals surface area contributed by atoms with E-state index in [2.05, 4.69) is 0 Å². The molecule has 30 heavy (non-hydrogen) atoms. The summed E-state index contributed by atoms with van der Waals surface area (Å²) in [5, 5.41) is 0. The Hall–Kier alpha value is -2.73. The molecule has 2 saturated heterocycles. The van der Waals surface area contributed by atoms with Crippen LogP contribution >= 0.6 is 11.8 Å². The molecule has 0 saturated carbocycles. The summed E-state index contributed by atoms with van der Waals surface area (Å²) in [6.07, 6.45) is 5.08. The van der Waals surface area contributed by atoms with Crippen LogP contribution in [-0.4, -0.2) is 59.0 Å². The van der Waals surface area contributed by atoms with Crippen LogP contribution < -0.4 is 4.74 Å². The van der Waals surface area contributed by atoms with Gasteiger partial charge in [0.05, 0.1) is 12.0 Å². The first-order valence-corrected chi connectivity index (χ1v) is 11.2. The summed E-state index contributed by atoms with van der Waals surface area (Å²) in [5.41, 5.74) is 1.67. The Morgan fingerprint density at radius 2 is 1.80 bits per heavy atom. The maximum absolute atomic E-state index is 13.2. The Balaban J connectivity index is 1.41. The van der Waals surface area contributed by atoms with Crippen LogP contribution in [0.5, 0.6) is 5.75 Å². The molecule has 0 aliphatic carbocycles. The first-order valence-electron chi connectivity index (χ1n) is 10.2. The Morgan fingerprint density at radius 1 is 1.03 bits per heavy atom. The van der Waals surface area contributed by atoms with Crippen LogP contribution in [0.25, 0.3) is 6.08 Å². The molecule has 0 unspecified atom stereocenters. The van der Waals surface area contributed by atoms with Crippen molar-refractivity contribution < 1.29 is 14.3 Å². The van der Waals surface area contributed by atoms with E-state index in [1.165, 1.54) is 0 Å². The zero-order chi connectivity index (χ0) is 21.0. The van der Waals surface area contributed by atoms with Gasteiger partial charge in [0.2, 0.25) is 5.91 Å². The zero-order valence-electron chi connectivity index (χ0n) is 17.1. The molecular weight excluding hydrogens is 396 g/mol. The van der Waals surface area contributed by atoms with E-state index in [0.717, 1.165) is 30.7 Å². The Bertz CT molecular complexity index is 936. The van der Waals surface area contributed by atoms with Gasteiger partial charge in [-0.2, -0.15) is 0 Å². The highest BCUT2D eigenvalue weighted by molar-refractivity contribution is 8.00. The lowest BCUT2D eigenvalue weighted by Gasteiger charge is -2.44. The Labute approximate surface area is 181 Å². The molecule has 5 nitrogen and oxygen atoms in total. The largest absolute Gasteiger partial charge is 0.497 e. The number of benzene rings is 2. The predicted octanol–water partition coefficient (Wildman–Crippen LogP) is 3.92. The van der Waals surface area contributed by atoms with Gasteiger partial charge in [-0.25, -0.2) is 0 Å². The van der Waals surface area contributed by atoms with E-state index < -0.39 is 0 Å². The molecule has 2 aliphatic heterocycles. The number of carbonyl (C=O) groups excluding carboxylic acids is 2. The van der Waals surface area contributed by atoms with Crippen LogP contribution in [0.4, 0.5) is 0 Å². The van der Waals surface area contributed by atoms with E-state index >= 15 is 0 Å². The lowest BCUT2D eigenvalue weighted by atomic mass is 10.0. The van der Waals surface area contributed by atoms with Crippen molar-refractivity contribution in [3.8, 4) is 5.75 Å². The fraction of sp³-hybridized carbons (Fsp3) is 0.333. The molecule has 0 radical (unpaired) electrons. The number of hydrogen-bond donors (Lipinski definition) is 0. The Kier molecular flexibility index (Phi) is 6.13. The van der Waals surface area contributed by atoms with Gasteiger partial charge in [-0.05, 0) is 42.7 Å². The molecule has 2 aromatic rings. The summed E-state index contributed by atoms with van der Waals surface area (Å²) < 4.78 is 5.27. The number of amides is 2. The summed E-state index contributed by atoms with van der Waals surface area (Å²) in [7, 11) is 1.61. The van der Waals surface area contributed by atoms with Crippen molar-refractivity contribution in [2.45, 2.75) is 17.7 Å². The second-order valence-electron chi connectivity index (χ2n) is 7.55. The van der Waals surface area contributed by atoms with Crippen molar-refractivity contribution in [1.29, 1.82) is 0 Å². The molecule has 0 atom stereocenters. The molecule has 4 rings (SSSR count). The lowest BCUT2D eigenvalue weighted by Crippen LogP contribution is -2.53. The molecule has 0 N–H and O–H groups in total. The second kappa shape index (κ2) is 8.96. The van der Waals surface area contributed by atoms with Crippen molar-refractivity contribution in [3.63, 3.8) is 0 Å². The van der Waals surface area contributed by atoms with Gasteiger partial charge in [0, 0.05) is 37.0 Å².